The van der Waals surface area contributed by atoms with Gasteiger partial charge in [-0.2, -0.15) is 0 Å². The molecule has 0 aliphatic rings. The third kappa shape index (κ3) is 3.54. The molecule has 1 aromatic heterocycles. The molecule has 0 radical (unpaired) electrons. The molecule has 0 spiro atoms. The predicted molar refractivity (Wildman–Crippen MR) is 77.5 cm³/mol. The second kappa shape index (κ2) is 6.33. The van der Waals surface area contributed by atoms with Gasteiger partial charge in [-0.15, -0.1) is 0 Å². The molecule has 1 heterocycles. The number of anilines is 1. The summed E-state index contributed by atoms with van der Waals surface area (Å²) in [7, 11) is 0. The molecule has 0 aliphatic heterocycles. The Kier molecular flexibility index (Phi) is 4.52. The first-order valence-electron chi connectivity index (χ1n) is 5.83. The summed E-state index contributed by atoms with van der Waals surface area (Å²) >= 11 is 3.25. The summed E-state index contributed by atoms with van der Waals surface area (Å²) in [5.74, 6) is -0.948. The number of carbonyl (C=O) groups is 1. The molecule has 98 valence electrons. The number of carboxylic acid groups (broad SMARTS) is 1. The van der Waals surface area contributed by atoms with E-state index in [1.54, 1.807) is 24.5 Å². The highest BCUT2D eigenvalue weighted by molar-refractivity contribution is 9.10. The molecule has 0 fully saturated rings. The Bertz CT molecular complexity index is 573. The number of benzene rings is 1. The Morgan fingerprint density at radius 3 is 2.84 bits per heavy atom. The van der Waals surface area contributed by atoms with Crippen LogP contribution in [-0.2, 0) is 6.42 Å². The maximum absolute atomic E-state index is 11.2. The van der Waals surface area contributed by atoms with Crippen LogP contribution in [0.25, 0.3) is 0 Å². The minimum absolute atomic E-state index is 0.258. The van der Waals surface area contributed by atoms with Crippen LogP contribution in [0.3, 0.4) is 0 Å². The van der Waals surface area contributed by atoms with Gasteiger partial charge in [-0.25, -0.2) is 4.79 Å². The van der Waals surface area contributed by atoms with Crippen LogP contribution in [0.2, 0.25) is 0 Å². The SMILES string of the molecule is O=C(O)c1c(Br)cccc1NCCc1cccnc1. The van der Waals surface area contributed by atoms with Crippen molar-refractivity contribution in [3.8, 4) is 0 Å². The molecule has 0 saturated heterocycles. The third-order valence-electron chi connectivity index (χ3n) is 2.68. The first kappa shape index (κ1) is 13.5. The number of pyridine rings is 1. The van der Waals surface area contributed by atoms with Crippen molar-refractivity contribution in [3.05, 3.63) is 58.3 Å². The van der Waals surface area contributed by atoms with Crippen molar-refractivity contribution in [3.63, 3.8) is 0 Å². The summed E-state index contributed by atoms with van der Waals surface area (Å²) in [4.78, 5) is 15.2. The molecule has 0 aliphatic carbocycles. The van der Waals surface area contributed by atoms with E-state index < -0.39 is 5.97 Å². The molecule has 0 atom stereocenters. The molecule has 0 unspecified atom stereocenters. The van der Waals surface area contributed by atoms with Gasteiger partial charge in [-0.3, -0.25) is 4.98 Å². The second-order valence-electron chi connectivity index (χ2n) is 4.01. The summed E-state index contributed by atoms with van der Waals surface area (Å²) in [6.07, 6.45) is 4.33. The van der Waals surface area contributed by atoms with E-state index >= 15 is 0 Å². The fourth-order valence-corrected chi connectivity index (χ4v) is 2.31. The van der Waals surface area contributed by atoms with Crippen LogP contribution in [-0.4, -0.2) is 22.6 Å². The fraction of sp³-hybridized carbons (Fsp3) is 0.143. The Labute approximate surface area is 119 Å². The lowest BCUT2D eigenvalue weighted by atomic mass is 10.1. The number of nitrogens with zero attached hydrogens (tertiary/aromatic N) is 1. The number of rotatable bonds is 5. The largest absolute Gasteiger partial charge is 0.478 e. The average Bonchev–Trinajstić information content (AvgIpc) is 2.39. The zero-order chi connectivity index (χ0) is 13.7. The van der Waals surface area contributed by atoms with E-state index in [-0.39, 0.29) is 5.56 Å². The van der Waals surface area contributed by atoms with E-state index in [0.717, 1.165) is 12.0 Å². The summed E-state index contributed by atoms with van der Waals surface area (Å²) in [6.45, 7) is 0.655. The first-order chi connectivity index (χ1) is 9.18. The molecule has 19 heavy (non-hydrogen) atoms. The number of aromatic nitrogens is 1. The monoisotopic (exact) mass is 320 g/mol. The van der Waals surface area contributed by atoms with Crippen LogP contribution in [0.5, 0.6) is 0 Å². The van der Waals surface area contributed by atoms with Gasteiger partial charge in [0.05, 0.1) is 5.56 Å². The lowest BCUT2D eigenvalue weighted by Crippen LogP contribution is -2.10. The van der Waals surface area contributed by atoms with Gasteiger partial charge in [-0.1, -0.05) is 12.1 Å². The molecular weight excluding hydrogens is 308 g/mol. The molecule has 2 N–H and O–H groups in total. The molecular formula is C14H13BrN2O2. The molecule has 2 rings (SSSR count). The smallest absolute Gasteiger partial charge is 0.338 e. The number of aromatic carboxylic acids is 1. The van der Waals surface area contributed by atoms with Gasteiger partial charge >= 0.3 is 5.97 Å². The van der Waals surface area contributed by atoms with Crippen LogP contribution in [0.1, 0.15) is 15.9 Å². The molecule has 0 amide bonds. The van der Waals surface area contributed by atoms with Gasteiger partial charge in [-0.05, 0) is 46.1 Å². The summed E-state index contributed by atoms with van der Waals surface area (Å²) in [5, 5.41) is 12.3. The maximum atomic E-state index is 11.2. The van der Waals surface area contributed by atoms with Crippen LogP contribution in [0, 0.1) is 0 Å². The molecule has 0 saturated carbocycles. The van der Waals surface area contributed by atoms with Crippen molar-refractivity contribution >= 4 is 27.6 Å². The van der Waals surface area contributed by atoms with Crippen LogP contribution >= 0.6 is 15.9 Å². The zero-order valence-electron chi connectivity index (χ0n) is 10.1. The van der Waals surface area contributed by atoms with E-state index in [4.69, 9.17) is 0 Å². The van der Waals surface area contributed by atoms with Gasteiger partial charge in [0.15, 0.2) is 0 Å². The minimum Gasteiger partial charge on any atom is -0.478 e. The standard InChI is InChI=1S/C14H13BrN2O2/c15-11-4-1-5-12(13(11)14(18)19)17-8-6-10-3-2-7-16-9-10/h1-5,7,9,17H,6,8H2,(H,18,19). The predicted octanol–water partition coefficient (Wildman–Crippen LogP) is 3.20. The average molecular weight is 321 g/mol. The molecule has 0 bridgehead atoms. The van der Waals surface area contributed by atoms with Crippen molar-refractivity contribution in [2.24, 2.45) is 0 Å². The van der Waals surface area contributed by atoms with Gasteiger partial charge in [0.2, 0.25) is 0 Å². The van der Waals surface area contributed by atoms with Gasteiger partial charge in [0.25, 0.3) is 0 Å². The number of hydrogen-bond acceptors (Lipinski definition) is 3. The lowest BCUT2D eigenvalue weighted by Gasteiger charge is -2.10. The highest BCUT2D eigenvalue weighted by Crippen LogP contribution is 2.24. The second-order valence-corrected chi connectivity index (χ2v) is 4.86. The van der Waals surface area contributed by atoms with Crippen molar-refractivity contribution in [2.45, 2.75) is 6.42 Å². The number of nitrogens with one attached hydrogen (secondary N) is 1. The van der Waals surface area contributed by atoms with Crippen molar-refractivity contribution in [1.29, 1.82) is 0 Å². The summed E-state index contributed by atoms with van der Waals surface area (Å²) < 4.78 is 0.575. The summed E-state index contributed by atoms with van der Waals surface area (Å²) in [5.41, 5.74) is 1.99. The third-order valence-corrected chi connectivity index (χ3v) is 3.34. The quantitative estimate of drug-likeness (QED) is 0.888. The Balaban J connectivity index is 2.04. The van der Waals surface area contributed by atoms with E-state index in [1.165, 1.54) is 0 Å². The molecule has 5 heteroatoms. The first-order valence-corrected chi connectivity index (χ1v) is 6.62. The fourth-order valence-electron chi connectivity index (χ4n) is 1.78. The zero-order valence-corrected chi connectivity index (χ0v) is 11.7. The van der Waals surface area contributed by atoms with E-state index in [9.17, 15) is 9.90 Å². The van der Waals surface area contributed by atoms with Crippen LogP contribution < -0.4 is 5.32 Å². The Morgan fingerprint density at radius 1 is 1.32 bits per heavy atom. The molecule has 1 aromatic carbocycles. The molecule has 4 nitrogen and oxygen atoms in total. The van der Waals surface area contributed by atoms with E-state index in [1.807, 2.05) is 18.2 Å². The summed E-state index contributed by atoms with van der Waals surface area (Å²) in [6, 6.07) is 9.17. The highest BCUT2D eigenvalue weighted by Gasteiger charge is 2.13. The number of carboxylic acids is 1. The Hall–Kier alpha value is -1.88. The van der Waals surface area contributed by atoms with E-state index in [0.29, 0.717) is 16.7 Å². The van der Waals surface area contributed by atoms with Crippen LogP contribution in [0.15, 0.2) is 47.2 Å². The van der Waals surface area contributed by atoms with E-state index in [2.05, 4.69) is 26.2 Å². The lowest BCUT2D eigenvalue weighted by molar-refractivity contribution is 0.0697. The maximum Gasteiger partial charge on any atom is 0.338 e. The van der Waals surface area contributed by atoms with Gasteiger partial charge in [0, 0.05) is 29.1 Å². The number of hydrogen-bond donors (Lipinski definition) is 2. The van der Waals surface area contributed by atoms with Crippen molar-refractivity contribution in [1.82, 2.24) is 4.98 Å². The normalized spacial score (nSPS) is 10.2. The molecule has 2 aromatic rings. The topological polar surface area (TPSA) is 62.2 Å². The minimum atomic E-state index is -0.948. The highest BCUT2D eigenvalue weighted by atomic mass is 79.9. The van der Waals surface area contributed by atoms with Gasteiger partial charge < -0.3 is 10.4 Å². The van der Waals surface area contributed by atoms with Crippen molar-refractivity contribution < 1.29 is 9.90 Å². The van der Waals surface area contributed by atoms with Crippen molar-refractivity contribution in [2.75, 3.05) is 11.9 Å². The number of halogens is 1. The Morgan fingerprint density at radius 2 is 2.16 bits per heavy atom. The van der Waals surface area contributed by atoms with Gasteiger partial charge in [0.1, 0.15) is 0 Å². The van der Waals surface area contributed by atoms with Crippen LogP contribution in [0.4, 0.5) is 5.69 Å².